The summed E-state index contributed by atoms with van der Waals surface area (Å²) in [7, 11) is 0. The lowest BCUT2D eigenvalue weighted by Gasteiger charge is -2.37. The molecule has 5 unspecified atom stereocenters. The maximum atomic E-state index is 13.0. The molecule has 0 spiro atoms. The average Bonchev–Trinajstić information content (AvgIpc) is 2.86. The van der Waals surface area contributed by atoms with Crippen molar-refractivity contribution in [2.24, 2.45) is 11.8 Å². The molecule has 1 aliphatic carbocycles. The Morgan fingerprint density at radius 1 is 1.14 bits per heavy atom. The van der Waals surface area contributed by atoms with E-state index in [4.69, 9.17) is 0 Å². The zero-order valence-electron chi connectivity index (χ0n) is 12.8. The van der Waals surface area contributed by atoms with Gasteiger partial charge in [0.15, 0.2) is 0 Å². The quantitative estimate of drug-likeness (QED) is 0.812. The van der Waals surface area contributed by atoms with Gasteiger partial charge in [-0.05, 0) is 51.5 Å². The Morgan fingerprint density at radius 2 is 1.90 bits per heavy atom. The molecule has 2 saturated heterocycles. The summed E-state index contributed by atoms with van der Waals surface area (Å²) in [5, 5.41) is 12.9. The number of carbonyl (C=O) groups excluding carboxylic acids is 1. The van der Waals surface area contributed by atoms with Crippen LogP contribution in [0.4, 0.5) is 0 Å². The topological polar surface area (TPSA) is 69.6 Å². The Morgan fingerprint density at radius 3 is 2.62 bits per heavy atom. The molecule has 21 heavy (non-hydrogen) atoms. The lowest BCUT2D eigenvalue weighted by Crippen LogP contribution is -2.51. The van der Waals surface area contributed by atoms with E-state index in [1.807, 2.05) is 0 Å². The maximum Gasteiger partial charge on any atom is 0.326 e. The summed E-state index contributed by atoms with van der Waals surface area (Å²) in [6.45, 7) is 2.96. The molecule has 0 radical (unpaired) electrons. The minimum Gasteiger partial charge on any atom is -0.480 e. The molecule has 3 aliphatic rings. The maximum absolute atomic E-state index is 13.0. The fourth-order valence-electron chi connectivity index (χ4n) is 4.56. The van der Waals surface area contributed by atoms with Crippen molar-refractivity contribution in [3.8, 4) is 0 Å². The van der Waals surface area contributed by atoms with Gasteiger partial charge in [-0.1, -0.05) is 12.8 Å². The van der Waals surface area contributed by atoms with Crippen molar-refractivity contribution in [3.05, 3.63) is 0 Å². The van der Waals surface area contributed by atoms with Gasteiger partial charge in [-0.2, -0.15) is 0 Å². The van der Waals surface area contributed by atoms with E-state index in [0.717, 1.165) is 38.6 Å². The van der Waals surface area contributed by atoms with Crippen LogP contribution < -0.4 is 5.32 Å². The largest absolute Gasteiger partial charge is 0.480 e. The number of likely N-dealkylation sites (tertiary alicyclic amines) is 1. The lowest BCUT2D eigenvalue weighted by molar-refractivity contribution is -0.152. The third-order valence-corrected chi connectivity index (χ3v) is 5.60. The van der Waals surface area contributed by atoms with Crippen molar-refractivity contribution in [3.63, 3.8) is 0 Å². The van der Waals surface area contributed by atoms with Gasteiger partial charge in [0.05, 0.1) is 0 Å². The van der Waals surface area contributed by atoms with Crippen molar-refractivity contribution in [2.75, 3.05) is 6.54 Å². The molecule has 1 saturated carbocycles. The molecule has 2 aliphatic heterocycles. The standard InChI is InChI=1S/C16H26N2O3/c1-10-8-12(6-7-17-10)15(19)18-13-5-3-2-4-11(13)9-14(18)16(20)21/h10-14,17H,2-9H2,1H3,(H,20,21). The van der Waals surface area contributed by atoms with Gasteiger partial charge in [0.25, 0.3) is 0 Å². The predicted octanol–water partition coefficient (Wildman–Crippen LogP) is 1.62. The first kappa shape index (κ1) is 14.8. The summed E-state index contributed by atoms with van der Waals surface area (Å²) in [4.78, 5) is 26.3. The van der Waals surface area contributed by atoms with Crippen molar-refractivity contribution in [1.29, 1.82) is 0 Å². The van der Waals surface area contributed by atoms with E-state index >= 15 is 0 Å². The van der Waals surface area contributed by atoms with E-state index < -0.39 is 12.0 Å². The molecular weight excluding hydrogens is 268 g/mol. The number of nitrogens with zero attached hydrogens (tertiary/aromatic N) is 1. The molecule has 0 bridgehead atoms. The smallest absolute Gasteiger partial charge is 0.326 e. The number of aliphatic carboxylic acids is 1. The number of carbonyl (C=O) groups is 2. The Bertz CT molecular complexity index is 426. The van der Waals surface area contributed by atoms with E-state index in [9.17, 15) is 14.7 Å². The number of hydrogen-bond donors (Lipinski definition) is 2. The molecule has 1 amide bonds. The first-order valence-corrected chi connectivity index (χ1v) is 8.36. The first-order chi connectivity index (χ1) is 10.1. The molecule has 5 heteroatoms. The van der Waals surface area contributed by atoms with Crippen LogP contribution in [0.3, 0.4) is 0 Å². The van der Waals surface area contributed by atoms with Crippen LogP contribution in [0, 0.1) is 11.8 Å². The number of nitrogens with one attached hydrogen (secondary N) is 1. The molecule has 0 aromatic heterocycles. The van der Waals surface area contributed by atoms with Gasteiger partial charge in [-0.15, -0.1) is 0 Å². The van der Waals surface area contributed by atoms with Crippen molar-refractivity contribution in [1.82, 2.24) is 10.2 Å². The number of rotatable bonds is 2. The highest BCUT2D eigenvalue weighted by Crippen LogP contribution is 2.41. The van der Waals surface area contributed by atoms with E-state index in [2.05, 4.69) is 12.2 Å². The Balaban J connectivity index is 1.79. The van der Waals surface area contributed by atoms with Crippen LogP contribution in [0.2, 0.25) is 0 Å². The summed E-state index contributed by atoms with van der Waals surface area (Å²) in [6, 6.07) is -0.0610. The number of hydrogen-bond acceptors (Lipinski definition) is 3. The number of piperidine rings is 1. The number of amides is 1. The van der Waals surface area contributed by atoms with Gasteiger partial charge in [0.1, 0.15) is 6.04 Å². The highest BCUT2D eigenvalue weighted by molar-refractivity contribution is 5.86. The van der Waals surface area contributed by atoms with E-state index in [1.54, 1.807) is 4.90 Å². The van der Waals surface area contributed by atoms with Gasteiger partial charge < -0.3 is 15.3 Å². The number of carboxylic acids is 1. The highest BCUT2D eigenvalue weighted by Gasteiger charge is 2.48. The zero-order valence-corrected chi connectivity index (χ0v) is 12.8. The summed E-state index contributed by atoms with van der Waals surface area (Å²) in [5.41, 5.74) is 0. The molecule has 2 N–H and O–H groups in total. The average molecular weight is 294 g/mol. The van der Waals surface area contributed by atoms with Crippen LogP contribution in [-0.4, -0.2) is 46.6 Å². The second-order valence-electron chi connectivity index (χ2n) is 7.02. The summed E-state index contributed by atoms with van der Waals surface area (Å²) >= 11 is 0. The monoisotopic (exact) mass is 294 g/mol. The van der Waals surface area contributed by atoms with Gasteiger partial charge in [-0.3, -0.25) is 4.79 Å². The van der Waals surface area contributed by atoms with E-state index in [0.29, 0.717) is 18.4 Å². The summed E-state index contributed by atoms with van der Waals surface area (Å²) in [5.74, 6) is -0.309. The second kappa shape index (κ2) is 5.95. The molecule has 0 aromatic rings. The lowest BCUT2D eigenvalue weighted by atomic mass is 9.84. The van der Waals surface area contributed by atoms with E-state index in [1.165, 1.54) is 6.42 Å². The van der Waals surface area contributed by atoms with Gasteiger partial charge in [0.2, 0.25) is 5.91 Å². The molecule has 3 fully saturated rings. The third-order valence-electron chi connectivity index (χ3n) is 5.60. The van der Waals surface area contributed by atoms with Crippen LogP contribution in [0.1, 0.15) is 51.9 Å². The molecule has 118 valence electrons. The van der Waals surface area contributed by atoms with Crippen molar-refractivity contribution in [2.45, 2.75) is 70.0 Å². The summed E-state index contributed by atoms with van der Waals surface area (Å²) < 4.78 is 0. The molecule has 2 heterocycles. The fourth-order valence-corrected chi connectivity index (χ4v) is 4.56. The minimum atomic E-state index is -0.820. The van der Waals surface area contributed by atoms with Crippen LogP contribution in [0.15, 0.2) is 0 Å². The summed E-state index contributed by atoms with van der Waals surface area (Å²) in [6.07, 6.45) is 6.70. The van der Waals surface area contributed by atoms with Gasteiger partial charge in [-0.25, -0.2) is 4.79 Å². The number of carboxylic acid groups (broad SMARTS) is 1. The van der Waals surface area contributed by atoms with Gasteiger partial charge >= 0.3 is 5.97 Å². The molecule has 3 rings (SSSR count). The van der Waals surface area contributed by atoms with Crippen molar-refractivity contribution >= 4 is 11.9 Å². The predicted molar refractivity (Wildman–Crippen MR) is 78.8 cm³/mol. The fraction of sp³-hybridized carbons (Fsp3) is 0.875. The first-order valence-electron chi connectivity index (χ1n) is 8.36. The van der Waals surface area contributed by atoms with Crippen LogP contribution >= 0.6 is 0 Å². The third kappa shape index (κ3) is 2.80. The molecular formula is C16H26N2O3. The van der Waals surface area contributed by atoms with Gasteiger partial charge in [0, 0.05) is 18.0 Å². The normalized spacial score (nSPS) is 39.9. The van der Waals surface area contributed by atoms with E-state index in [-0.39, 0.29) is 17.9 Å². The van der Waals surface area contributed by atoms with Crippen molar-refractivity contribution < 1.29 is 14.7 Å². The second-order valence-corrected chi connectivity index (χ2v) is 7.02. The Kier molecular flexibility index (Phi) is 4.20. The number of fused-ring (bicyclic) bond motifs is 1. The van der Waals surface area contributed by atoms with Crippen LogP contribution in [0.25, 0.3) is 0 Å². The minimum absolute atomic E-state index is 0.00350. The Hall–Kier alpha value is -1.10. The van der Waals surface area contributed by atoms with Crippen LogP contribution in [-0.2, 0) is 9.59 Å². The molecule has 5 nitrogen and oxygen atoms in total. The molecule has 5 atom stereocenters. The zero-order chi connectivity index (χ0) is 15.0. The van der Waals surface area contributed by atoms with Crippen LogP contribution in [0.5, 0.6) is 0 Å². The Labute approximate surface area is 126 Å². The molecule has 0 aromatic carbocycles. The SMILES string of the molecule is CC1CC(C(=O)N2C(C(=O)O)CC3CCCCC32)CCN1. The highest BCUT2D eigenvalue weighted by atomic mass is 16.4.